The highest BCUT2D eigenvalue weighted by Gasteiger charge is 2.54. The van der Waals surface area contributed by atoms with E-state index in [0.717, 1.165) is 12.0 Å². The molecule has 4 rings (SSSR count). The first-order valence-electron chi connectivity index (χ1n) is 8.31. The Morgan fingerprint density at radius 3 is 2.71 bits per heavy atom. The van der Waals surface area contributed by atoms with Crippen molar-refractivity contribution in [2.24, 2.45) is 0 Å². The molecule has 1 aromatic rings. The van der Waals surface area contributed by atoms with Crippen molar-refractivity contribution in [2.75, 3.05) is 13.1 Å². The van der Waals surface area contributed by atoms with E-state index in [-0.39, 0.29) is 24.8 Å². The maximum absolute atomic E-state index is 12.6. The molecule has 0 saturated carbocycles. The van der Waals surface area contributed by atoms with Crippen LogP contribution in [0.25, 0.3) is 0 Å². The zero-order valence-electron chi connectivity index (χ0n) is 13.4. The highest BCUT2D eigenvalue weighted by molar-refractivity contribution is 5.88. The second-order valence-corrected chi connectivity index (χ2v) is 6.43. The number of rotatable bonds is 2. The molecule has 0 bridgehead atoms. The van der Waals surface area contributed by atoms with Crippen molar-refractivity contribution < 1.29 is 19.1 Å². The molecule has 2 saturated heterocycles. The van der Waals surface area contributed by atoms with Gasteiger partial charge in [0.25, 0.3) is 5.91 Å². The molecule has 1 spiro atoms. The number of carbonyl (C=O) groups excluding carboxylic acids is 2. The molecule has 6 heteroatoms. The monoisotopic (exact) mass is 328 g/mol. The van der Waals surface area contributed by atoms with Crippen LogP contribution < -0.4 is 0 Å². The van der Waals surface area contributed by atoms with Crippen molar-refractivity contribution in [3.63, 3.8) is 0 Å². The van der Waals surface area contributed by atoms with E-state index in [2.05, 4.69) is 0 Å². The molecular formula is C18H20N2O4. The molecule has 3 aliphatic rings. The molecule has 0 N–H and O–H groups in total. The maximum Gasteiger partial charge on any atom is 0.410 e. The predicted octanol–water partition coefficient (Wildman–Crippen LogP) is 2.26. The number of benzene rings is 1. The summed E-state index contributed by atoms with van der Waals surface area (Å²) in [6.45, 7) is 1.21. The Labute approximate surface area is 140 Å². The first-order chi connectivity index (χ1) is 11.7. The topological polar surface area (TPSA) is 59.1 Å². The van der Waals surface area contributed by atoms with Crippen molar-refractivity contribution in [1.29, 1.82) is 0 Å². The molecule has 0 radical (unpaired) electrons. The number of fused-ring (bicyclic) bond motifs is 1. The third-order valence-electron chi connectivity index (χ3n) is 4.93. The molecule has 6 nitrogen and oxygen atoms in total. The van der Waals surface area contributed by atoms with E-state index in [9.17, 15) is 9.59 Å². The summed E-state index contributed by atoms with van der Waals surface area (Å²) in [4.78, 5) is 28.1. The van der Waals surface area contributed by atoms with Gasteiger partial charge >= 0.3 is 6.09 Å². The van der Waals surface area contributed by atoms with Gasteiger partial charge in [0.15, 0.2) is 5.60 Å². The predicted molar refractivity (Wildman–Crippen MR) is 85.6 cm³/mol. The molecule has 1 atom stereocenters. The Hall–Kier alpha value is -2.34. The molecule has 1 aromatic carbocycles. The molecule has 0 aromatic heterocycles. The highest BCUT2D eigenvalue weighted by atomic mass is 16.6. The molecule has 3 aliphatic heterocycles. The number of hydrogen-bond acceptors (Lipinski definition) is 4. The van der Waals surface area contributed by atoms with E-state index >= 15 is 0 Å². The number of nitrogens with zero attached hydrogens (tertiary/aromatic N) is 2. The Kier molecular flexibility index (Phi) is 3.76. The van der Waals surface area contributed by atoms with Gasteiger partial charge < -0.3 is 14.4 Å². The quantitative estimate of drug-likeness (QED) is 0.835. The van der Waals surface area contributed by atoms with Crippen LogP contribution in [0.5, 0.6) is 0 Å². The van der Waals surface area contributed by atoms with E-state index in [4.69, 9.17) is 9.47 Å². The Bertz CT molecular complexity index is 665. The maximum atomic E-state index is 12.6. The third kappa shape index (κ3) is 2.57. The molecular weight excluding hydrogens is 308 g/mol. The van der Waals surface area contributed by atoms with Crippen molar-refractivity contribution in [2.45, 2.75) is 37.7 Å². The lowest BCUT2D eigenvalue weighted by atomic mass is 9.90. The number of likely N-dealkylation sites (tertiary alicyclic amines) is 1. The number of carbonyl (C=O) groups is 2. The molecule has 24 heavy (non-hydrogen) atoms. The average molecular weight is 328 g/mol. The summed E-state index contributed by atoms with van der Waals surface area (Å²) in [5.74, 6) is 0.0264. The molecule has 2 fully saturated rings. The molecule has 3 heterocycles. The first kappa shape index (κ1) is 15.2. The number of hydrogen-bond donors (Lipinski definition) is 0. The fourth-order valence-corrected chi connectivity index (χ4v) is 3.54. The van der Waals surface area contributed by atoms with Gasteiger partial charge in [-0.25, -0.2) is 4.79 Å². The van der Waals surface area contributed by atoms with Gasteiger partial charge in [0.2, 0.25) is 0 Å². The van der Waals surface area contributed by atoms with Gasteiger partial charge in [0, 0.05) is 38.6 Å². The number of ether oxygens (including phenoxy) is 2. The van der Waals surface area contributed by atoms with E-state index in [0.29, 0.717) is 25.9 Å². The molecule has 126 valence electrons. The van der Waals surface area contributed by atoms with Gasteiger partial charge in [-0.2, -0.15) is 0 Å². The van der Waals surface area contributed by atoms with E-state index in [1.165, 1.54) is 0 Å². The summed E-state index contributed by atoms with van der Waals surface area (Å²) < 4.78 is 11.4. The third-order valence-corrected chi connectivity index (χ3v) is 4.93. The summed E-state index contributed by atoms with van der Waals surface area (Å²) in [5.41, 5.74) is 0.201. The van der Waals surface area contributed by atoms with Gasteiger partial charge in [-0.1, -0.05) is 36.4 Å². The summed E-state index contributed by atoms with van der Waals surface area (Å²) in [6.07, 6.45) is 5.05. The van der Waals surface area contributed by atoms with Gasteiger partial charge in [-0.3, -0.25) is 9.69 Å². The largest absolute Gasteiger partial charge is 0.445 e. The van der Waals surface area contributed by atoms with Crippen molar-refractivity contribution >= 4 is 12.0 Å². The van der Waals surface area contributed by atoms with Crippen LogP contribution in [0.1, 0.15) is 24.8 Å². The first-order valence-corrected chi connectivity index (χ1v) is 8.31. The normalized spacial score (nSPS) is 24.5. The van der Waals surface area contributed by atoms with Crippen LogP contribution in [0.4, 0.5) is 4.79 Å². The highest BCUT2D eigenvalue weighted by Crippen LogP contribution is 2.39. The smallest absolute Gasteiger partial charge is 0.410 e. The average Bonchev–Trinajstić information content (AvgIpc) is 3.16. The zero-order valence-corrected chi connectivity index (χ0v) is 13.4. The fraction of sp³-hybridized carbons (Fsp3) is 0.444. The van der Waals surface area contributed by atoms with Gasteiger partial charge in [-0.05, 0) is 5.56 Å². The second kappa shape index (κ2) is 5.94. The van der Waals surface area contributed by atoms with Crippen LogP contribution >= 0.6 is 0 Å². The molecule has 0 aliphatic carbocycles. The molecule has 1 unspecified atom stereocenters. The van der Waals surface area contributed by atoms with Crippen LogP contribution in [0.2, 0.25) is 0 Å². The fourth-order valence-electron chi connectivity index (χ4n) is 3.54. The van der Waals surface area contributed by atoms with E-state index in [1.807, 2.05) is 42.6 Å². The summed E-state index contributed by atoms with van der Waals surface area (Å²) in [7, 11) is 0. The lowest BCUT2D eigenvalue weighted by molar-refractivity contribution is -0.140. The summed E-state index contributed by atoms with van der Waals surface area (Å²) >= 11 is 0. The van der Waals surface area contributed by atoms with Crippen LogP contribution in [0.3, 0.4) is 0 Å². The van der Waals surface area contributed by atoms with Crippen LogP contribution in [0.15, 0.2) is 42.6 Å². The number of piperidine rings is 1. The zero-order chi connectivity index (χ0) is 16.6. The van der Waals surface area contributed by atoms with Gasteiger partial charge in [0.1, 0.15) is 12.8 Å². The van der Waals surface area contributed by atoms with Crippen molar-refractivity contribution in [3.05, 3.63) is 48.2 Å². The van der Waals surface area contributed by atoms with Crippen LogP contribution in [-0.2, 0) is 20.9 Å². The van der Waals surface area contributed by atoms with E-state index in [1.54, 1.807) is 9.80 Å². The Morgan fingerprint density at radius 1 is 1.25 bits per heavy atom. The van der Waals surface area contributed by atoms with Crippen molar-refractivity contribution in [3.8, 4) is 0 Å². The second-order valence-electron chi connectivity index (χ2n) is 6.43. The van der Waals surface area contributed by atoms with Crippen LogP contribution in [0, 0.1) is 0 Å². The van der Waals surface area contributed by atoms with Crippen LogP contribution in [-0.4, -0.2) is 46.7 Å². The lowest BCUT2D eigenvalue weighted by Gasteiger charge is -2.36. The summed E-state index contributed by atoms with van der Waals surface area (Å²) in [5, 5.41) is 0. The minimum atomic E-state index is -0.758. The minimum Gasteiger partial charge on any atom is -0.445 e. The SMILES string of the molecule is O=C(OCc1ccccc1)N1CCC2(CC1)OC1CC=CN1C2=O. The van der Waals surface area contributed by atoms with E-state index < -0.39 is 5.60 Å². The summed E-state index contributed by atoms with van der Waals surface area (Å²) in [6, 6.07) is 9.60. The van der Waals surface area contributed by atoms with Gasteiger partial charge in [0.05, 0.1) is 0 Å². The molecule has 2 amide bonds. The standard InChI is InChI=1S/C18H20N2O4/c21-16-18(24-15-7-4-10-20(15)16)8-11-19(12-9-18)17(22)23-13-14-5-2-1-3-6-14/h1-6,10,15H,7-9,11-13H2. The lowest BCUT2D eigenvalue weighted by Crippen LogP contribution is -2.51. The Balaban J connectivity index is 1.32. The van der Waals surface area contributed by atoms with Crippen molar-refractivity contribution in [1.82, 2.24) is 9.80 Å². The minimum absolute atomic E-state index is 0.0264. The van der Waals surface area contributed by atoms with Gasteiger partial charge in [-0.15, -0.1) is 0 Å². The number of amides is 2. The Morgan fingerprint density at radius 2 is 2.00 bits per heavy atom.